The fraction of sp³-hybridized carbons (Fsp3) is 0.611. The summed E-state index contributed by atoms with van der Waals surface area (Å²) in [7, 11) is 1.62. The molecule has 1 N–H and O–H groups in total. The molecule has 0 unspecified atom stereocenters. The van der Waals surface area contributed by atoms with E-state index in [0.29, 0.717) is 24.7 Å². The Morgan fingerprint density at radius 1 is 1.19 bits per heavy atom. The summed E-state index contributed by atoms with van der Waals surface area (Å²) in [6.45, 7) is 1.11. The molecule has 2 aromatic rings. The molecule has 0 aliphatic heterocycles. The summed E-state index contributed by atoms with van der Waals surface area (Å²) in [4.78, 5) is 1.28. The molecular weight excluding hydrogens is 359 g/mol. The number of tetrazole rings is 1. The monoisotopic (exact) mass is 383 g/mol. The Morgan fingerprint density at radius 2 is 1.96 bits per heavy atom. The van der Waals surface area contributed by atoms with Crippen molar-refractivity contribution in [3.63, 3.8) is 0 Å². The number of aryl methyl sites for hydroxylation is 1. The largest absolute Gasteiger partial charge is 0.416 e. The van der Waals surface area contributed by atoms with Crippen molar-refractivity contribution < 1.29 is 17.9 Å². The van der Waals surface area contributed by atoms with Gasteiger partial charge in [0.2, 0.25) is 0 Å². The predicted molar refractivity (Wildman–Crippen MR) is 93.8 cm³/mol. The predicted octanol–water partition coefficient (Wildman–Crippen LogP) is 3.94. The van der Waals surface area contributed by atoms with Crippen LogP contribution in [0.25, 0.3) is 0 Å². The molecule has 1 aliphatic rings. The van der Waals surface area contributed by atoms with Crippen molar-refractivity contribution in [2.24, 2.45) is 13.0 Å². The second-order valence-electron chi connectivity index (χ2n) is 6.96. The van der Waals surface area contributed by atoms with Crippen molar-refractivity contribution in [2.45, 2.75) is 51.4 Å². The molecule has 9 heteroatoms. The third-order valence-corrected chi connectivity index (χ3v) is 4.81. The Bertz CT molecular complexity index is 741. The summed E-state index contributed by atoms with van der Waals surface area (Å²) in [5.74, 6) is 0.822. The molecule has 1 saturated carbocycles. The molecule has 0 saturated heterocycles. The molecule has 1 heterocycles. The minimum Gasteiger partial charge on any atom is -0.376 e. The van der Waals surface area contributed by atoms with Crippen LogP contribution < -0.4 is 5.32 Å². The highest BCUT2D eigenvalue weighted by Crippen LogP contribution is 2.31. The number of hydrogen-bond donors (Lipinski definition) is 1. The third-order valence-electron chi connectivity index (χ3n) is 4.81. The zero-order valence-corrected chi connectivity index (χ0v) is 15.3. The number of ether oxygens (including phenoxy) is 1. The molecule has 27 heavy (non-hydrogen) atoms. The van der Waals surface area contributed by atoms with Crippen molar-refractivity contribution in [1.82, 2.24) is 20.2 Å². The Kier molecular flexibility index (Phi) is 6.30. The second-order valence-corrected chi connectivity index (χ2v) is 6.96. The van der Waals surface area contributed by atoms with Crippen molar-refractivity contribution >= 4 is 5.95 Å². The van der Waals surface area contributed by atoms with Crippen LogP contribution in [0.1, 0.15) is 48.8 Å². The van der Waals surface area contributed by atoms with Crippen molar-refractivity contribution in [2.75, 3.05) is 11.9 Å². The van der Waals surface area contributed by atoms with E-state index in [-0.39, 0.29) is 12.5 Å². The summed E-state index contributed by atoms with van der Waals surface area (Å²) >= 11 is 0. The minimum absolute atomic E-state index is 0.164. The van der Waals surface area contributed by atoms with Gasteiger partial charge in [0.1, 0.15) is 0 Å². The smallest absolute Gasteiger partial charge is 0.376 e. The van der Waals surface area contributed by atoms with E-state index in [1.807, 2.05) is 0 Å². The summed E-state index contributed by atoms with van der Waals surface area (Å²) in [5.41, 5.74) is 0.568. The van der Waals surface area contributed by atoms with Crippen molar-refractivity contribution in [3.05, 3.63) is 34.9 Å². The zero-order chi connectivity index (χ0) is 19.3. The first-order valence-corrected chi connectivity index (χ1v) is 9.16. The van der Waals surface area contributed by atoms with Gasteiger partial charge in [-0.15, -0.1) is 5.10 Å². The van der Waals surface area contributed by atoms with E-state index >= 15 is 0 Å². The van der Waals surface area contributed by atoms with E-state index in [1.54, 1.807) is 7.05 Å². The fourth-order valence-corrected chi connectivity index (χ4v) is 3.33. The van der Waals surface area contributed by atoms with Gasteiger partial charge in [0.15, 0.2) is 0 Å². The van der Waals surface area contributed by atoms with E-state index in [1.165, 1.54) is 43.0 Å². The molecule has 1 fully saturated rings. The van der Waals surface area contributed by atoms with Crippen LogP contribution in [-0.4, -0.2) is 26.8 Å². The topological polar surface area (TPSA) is 64.9 Å². The normalized spacial score (nSPS) is 15.9. The molecule has 3 rings (SSSR count). The first-order valence-electron chi connectivity index (χ1n) is 9.16. The summed E-state index contributed by atoms with van der Waals surface area (Å²) in [6, 6.07) is 3.75. The van der Waals surface area contributed by atoms with Gasteiger partial charge in [-0.1, -0.05) is 30.4 Å². The lowest BCUT2D eigenvalue weighted by atomic mass is 9.90. The van der Waals surface area contributed by atoms with Crippen LogP contribution in [0.2, 0.25) is 0 Å². The lowest BCUT2D eigenvalue weighted by Gasteiger charge is -2.21. The average Bonchev–Trinajstić information content (AvgIpc) is 3.06. The van der Waals surface area contributed by atoms with Crippen LogP contribution in [0, 0.1) is 5.92 Å². The molecule has 0 radical (unpaired) electrons. The number of alkyl halides is 3. The van der Waals surface area contributed by atoms with Crippen molar-refractivity contribution in [1.29, 1.82) is 0 Å². The molecule has 6 nitrogen and oxygen atoms in total. The third kappa shape index (κ3) is 5.66. The SMILES string of the molecule is Cn1nnc(NCc2cc(C(F)(F)F)ccc2COCC2CCCCC2)n1. The standard InChI is InChI=1S/C18H24F3N5O/c1-26-24-17(23-25-26)22-10-15-9-16(18(19,20)21)8-7-14(15)12-27-11-13-5-3-2-4-6-13/h7-9,13H,2-6,10-12H2,1H3,(H,22,24). The quantitative estimate of drug-likeness (QED) is 0.785. The van der Waals surface area contributed by atoms with Crippen LogP contribution >= 0.6 is 0 Å². The second kappa shape index (κ2) is 8.69. The van der Waals surface area contributed by atoms with Gasteiger partial charge < -0.3 is 10.1 Å². The van der Waals surface area contributed by atoms with Gasteiger partial charge in [0, 0.05) is 13.2 Å². The van der Waals surface area contributed by atoms with E-state index in [4.69, 9.17) is 4.74 Å². The molecular formula is C18H24F3N5O. The average molecular weight is 383 g/mol. The maximum absolute atomic E-state index is 13.1. The van der Waals surface area contributed by atoms with Gasteiger partial charge in [-0.2, -0.15) is 18.0 Å². The highest BCUT2D eigenvalue weighted by molar-refractivity contribution is 5.36. The number of nitrogens with one attached hydrogen (secondary N) is 1. The number of halogens is 3. The molecule has 0 spiro atoms. The lowest BCUT2D eigenvalue weighted by Crippen LogP contribution is -2.14. The van der Waals surface area contributed by atoms with E-state index < -0.39 is 11.7 Å². The zero-order valence-electron chi connectivity index (χ0n) is 15.3. The maximum Gasteiger partial charge on any atom is 0.416 e. The van der Waals surface area contributed by atoms with Crippen LogP contribution in [0.3, 0.4) is 0 Å². The molecule has 0 bridgehead atoms. The van der Waals surface area contributed by atoms with Gasteiger partial charge in [-0.3, -0.25) is 0 Å². The van der Waals surface area contributed by atoms with Crippen LogP contribution in [0.4, 0.5) is 19.1 Å². The van der Waals surface area contributed by atoms with E-state index in [9.17, 15) is 13.2 Å². The Labute approximate surface area is 156 Å². The van der Waals surface area contributed by atoms with Gasteiger partial charge in [0.05, 0.1) is 19.2 Å². The van der Waals surface area contributed by atoms with Crippen LogP contribution in [0.15, 0.2) is 18.2 Å². The fourth-order valence-electron chi connectivity index (χ4n) is 3.33. The maximum atomic E-state index is 13.1. The van der Waals surface area contributed by atoms with E-state index in [2.05, 4.69) is 20.7 Å². The number of rotatable bonds is 7. The molecule has 0 atom stereocenters. The molecule has 1 aromatic carbocycles. The molecule has 1 aromatic heterocycles. The number of anilines is 1. The Hall–Kier alpha value is -2.16. The minimum atomic E-state index is -4.39. The van der Waals surface area contributed by atoms with Gasteiger partial charge in [0.25, 0.3) is 5.95 Å². The first kappa shape index (κ1) is 19.6. The van der Waals surface area contributed by atoms with Crippen LogP contribution in [0.5, 0.6) is 0 Å². The van der Waals surface area contributed by atoms with Gasteiger partial charge in [-0.25, -0.2) is 0 Å². The highest BCUT2D eigenvalue weighted by Gasteiger charge is 2.31. The number of benzene rings is 1. The highest BCUT2D eigenvalue weighted by atomic mass is 19.4. The number of aromatic nitrogens is 4. The molecule has 0 amide bonds. The molecule has 148 valence electrons. The first-order chi connectivity index (χ1) is 12.9. The molecule has 1 aliphatic carbocycles. The van der Waals surface area contributed by atoms with Crippen molar-refractivity contribution in [3.8, 4) is 0 Å². The van der Waals surface area contributed by atoms with Crippen LogP contribution in [-0.2, 0) is 31.1 Å². The Morgan fingerprint density at radius 3 is 2.63 bits per heavy atom. The Balaban J connectivity index is 1.66. The number of hydrogen-bond acceptors (Lipinski definition) is 5. The summed E-state index contributed by atoms with van der Waals surface area (Å²) in [5, 5.41) is 14.4. The lowest BCUT2D eigenvalue weighted by molar-refractivity contribution is -0.137. The van der Waals surface area contributed by atoms with Gasteiger partial charge in [-0.05, 0) is 47.2 Å². The van der Waals surface area contributed by atoms with E-state index in [0.717, 1.165) is 17.7 Å². The summed E-state index contributed by atoms with van der Waals surface area (Å²) < 4.78 is 45.0. The van der Waals surface area contributed by atoms with Gasteiger partial charge >= 0.3 is 6.18 Å². The number of nitrogens with zero attached hydrogens (tertiary/aromatic N) is 4. The summed E-state index contributed by atoms with van der Waals surface area (Å²) in [6.07, 6.45) is 1.69.